The average Bonchev–Trinajstić information content (AvgIpc) is 1.64. The Morgan fingerprint density at radius 1 is 1.33 bits per heavy atom. The van der Waals surface area contributed by atoms with Crippen LogP contribution < -0.4 is 11.5 Å². The molecule has 9 heavy (non-hydrogen) atoms. The Hall–Kier alpha value is -1.36. The molecular weight excluding hydrogens is 120 g/mol. The number of anilines is 2. The van der Waals surface area contributed by atoms with Gasteiger partial charge >= 0.3 is 0 Å². The van der Waals surface area contributed by atoms with Gasteiger partial charge in [0.25, 0.3) is 0 Å². The van der Waals surface area contributed by atoms with Gasteiger partial charge in [-0.15, -0.1) is 0 Å². The summed E-state index contributed by atoms with van der Waals surface area (Å²) in [5, 5.41) is 0. The van der Waals surface area contributed by atoms with Gasteiger partial charge in [-0.25, -0.2) is 4.98 Å². The Bertz CT molecular complexity index is 172. The van der Waals surface area contributed by atoms with Crippen molar-refractivity contribution in [2.24, 2.45) is 0 Å². The van der Waals surface area contributed by atoms with Crippen LogP contribution in [-0.4, -0.2) is 15.4 Å². The standard InChI is InChI=1S/C4H6N4.H2O/c5-3-1-2-7-4(6)8-3;/h1-2H,(H4,5,6,7,8);1H2. The van der Waals surface area contributed by atoms with Gasteiger partial charge in [0.15, 0.2) is 0 Å². The Labute approximate surface area is 52.0 Å². The minimum atomic E-state index is 0. The summed E-state index contributed by atoms with van der Waals surface area (Å²) in [5.74, 6) is 0.613. The van der Waals surface area contributed by atoms with Crippen molar-refractivity contribution in [2.45, 2.75) is 0 Å². The maximum absolute atomic E-state index is 5.23. The predicted molar refractivity (Wildman–Crippen MR) is 34.5 cm³/mol. The van der Waals surface area contributed by atoms with Crippen LogP contribution in [0.1, 0.15) is 0 Å². The molecule has 5 nitrogen and oxygen atoms in total. The van der Waals surface area contributed by atoms with Crippen molar-refractivity contribution in [3.8, 4) is 0 Å². The number of nitrogens with two attached hydrogens (primary N) is 2. The molecule has 1 aromatic heterocycles. The first-order chi connectivity index (χ1) is 3.79. The van der Waals surface area contributed by atoms with Crippen LogP contribution in [0.2, 0.25) is 0 Å². The zero-order valence-corrected chi connectivity index (χ0v) is 4.70. The van der Waals surface area contributed by atoms with Crippen LogP contribution in [0.15, 0.2) is 12.3 Å². The zero-order valence-electron chi connectivity index (χ0n) is 4.70. The predicted octanol–water partition coefficient (Wildman–Crippen LogP) is -1.18. The Kier molecular flexibility index (Phi) is 2.40. The zero-order chi connectivity index (χ0) is 5.98. The quantitative estimate of drug-likeness (QED) is 0.458. The third kappa shape index (κ3) is 1.92. The molecule has 0 unspecified atom stereocenters. The lowest BCUT2D eigenvalue weighted by molar-refractivity contribution is 0.824. The molecule has 6 N–H and O–H groups in total. The first kappa shape index (κ1) is 7.64. The SMILES string of the molecule is Nc1ccnc(N)n1.O. The summed E-state index contributed by atoms with van der Waals surface area (Å²) in [7, 11) is 0. The normalized spacial score (nSPS) is 8.00. The minimum Gasteiger partial charge on any atom is -0.412 e. The molecule has 50 valence electrons. The van der Waals surface area contributed by atoms with Gasteiger partial charge in [-0.1, -0.05) is 0 Å². The smallest absolute Gasteiger partial charge is 0.221 e. The number of aromatic nitrogens is 2. The minimum absolute atomic E-state index is 0. The van der Waals surface area contributed by atoms with Gasteiger partial charge in [-0.2, -0.15) is 4.98 Å². The maximum Gasteiger partial charge on any atom is 0.221 e. The van der Waals surface area contributed by atoms with Gasteiger partial charge in [-0.3, -0.25) is 0 Å². The van der Waals surface area contributed by atoms with Crippen LogP contribution >= 0.6 is 0 Å². The van der Waals surface area contributed by atoms with Gasteiger partial charge in [0, 0.05) is 6.20 Å². The first-order valence-corrected chi connectivity index (χ1v) is 2.13. The van der Waals surface area contributed by atoms with E-state index in [2.05, 4.69) is 9.97 Å². The molecule has 1 aromatic rings. The highest BCUT2D eigenvalue weighted by molar-refractivity contribution is 5.31. The van der Waals surface area contributed by atoms with Crippen LogP contribution in [0.4, 0.5) is 11.8 Å². The summed E-state index contributed by atoms with van der Waals surface area (Å²) in [6.07, 6.45) is 1.51. The molecule has 0 aromatic carbocycles. The first-order valence-electron chi connectivity index (χ1n) is 2.13. The van der Waals surface area contributed by atoms with Crippen LogP contribution in [-0.2, 0) is 0 Å². The number of hydrogen-bond acceptors (Lipinski definition) is 4. The Balaban J connectivity index is 0.000000640. The Morgan fingerprint density at radius 2 is 2.00 bits per heavy atom. The number of nitrogen functional groups attached to an aromatic ring is 2. The second-order valence-corrected chi connectivity index (χ2v) is 1.34. The topological polar surface area (TPSA) is 109 Å². The third-order valence-corrected chi connectivity index (χ3v) is 0.696. The molecule has 0 radical (unpaired) electrons. The van der Waals surface area contributed by atoms with E-state index in [1.807, 2.05) is 0 Å². The van der Waals surface area contributed by atoms with Crippen molar-refractivity contribution in [2.75, 3.05) is 11.5 Å². The fraction of sp³-hybridized carbons (Fsp3) is 0. The van der Waals surface area contributed by atoms with Gasteiger partial charge in [0.2, 0.25) is 5.95 Å². The van der Waals surface area contributed by atoms with Crippen molar-refractivity contribution < 1.29 is 5.48 Å². The highest BCUT2D eigenvalue weighted by Gasteiger charge is 1.84. The summed E-state index contributed by atoms with van der Waals surface area (Å²) in [6.45, 7) is 0. The van der Waals surface area contributed by atoms with E-state index in [-0.39, 0.29) is 11.4 Å². The summed E-state index contributed by atoms with van der Waals surface area (Å²) in [4.78, 5) is 7.24. The molecule has 5 heteroatoms. The third-order valence-electron chi connectivity index (χ3n) is 0.696. The molecular formula is C4H8N4O. The number of hydrogen-bond donors (Lipinski definition) is 2. The molecule has 0 aliphatic carbocycles. The largest absolute Gasteiger partial charge is 0.412 e. The molecule has 0 amide bonds. The van der Waals surface area contributed by atoms with E-state index in [1.54, 1.807) is 6.07 Å². The second kappa shape index (κ2) is 2.83. The van der Waals surface area contributed by atoms with E-state index in [4.69, 9.17) is 11.5 Å². The lowest BCUT2D eigenvalue weighted by Crippen LogP contribution is -1.96. The van der Waals surface area contributed by atoms with Gasteiger partial charge in [0.1, 0.15) is 5.82 Å². The van der Waals surface area contributed by atoms with Gasteiger partial charge in [0.05, 0.1) is 0 Å². The molecule has 0 atom stereocenters. The van der Waals surface area contributed by atoms with Crippen LogP contribution in [0, 0.1) is 0 Å². The van der Waals surface area contributed by atoms with E-state index in [0.717, 1.165) is 0 Å². The molecule has 0 spiro atoms. The van der Waals surface area contributed by atoms with E-state index in [9.17, 15) is 0 Å². The number of nitrogens with zero attached hydrogens (tertiary/aromatic N) is 2. The highest BCUT2D eigenvalue weighted by Crippen LogP contribution is 1.94. The second-order valence-electron chi connectivity index (χ2n) is 1.34. The van der Waals surface area contributed by atoms with Gasteiger partial charge < -0.3 is 16.9 Å². The molecule has 0 saturated carbocycles. The van der Waals surface area contributed by atoms with Crippen molar-refractivity contribution >= 4 is 11.8 Å². The Morgan fingerprint density at radius 3 is 2.33 bits per heavy atom. The summed E-state index contributed by atoms with van der Waals surface area (Å²) >= 11 is 0. The molecule has 1 heterocycles. The van der Waals surface area contributed by atoms with E-state index in [1.165, 1.54) is 6.20 Å². The molecule has 0 saturated heterocycles. The van der Waals surface area contributed by atoms with Crippen molar-refractivity contribution in [1.29, 1.82) is 0 Å². The van der Waals surface area contributed by atoms with Crippen molar-refractivity contribution in [3.63, 3.8) is 0 Å². The van der Waals surface area contributed by atoms with E-state index < -0.39 is 0 Å². The highest BCUT2D eigenvalue weighted by atomic mass is 16.0. The summed E-state index contributed by atoms with van der Waals surface area (Å²) in [5.41, 5.74) is 10.4. The average molecular weight is 128 g/mol. The van der Waals surface area contributed by atoms with E-state index >= 15 is 0 Å². The molecule has 0 aliphatic rings. The van der Waals surface area contributed by atoms with Crippen LogP contribution in [0.5, 0.6) is 0 Å². The van der Waals surface area contributed by atoms with Crippen molar-refractivity contribution in [1.82, 2.24) is 9.97 Å². The van der Waals surface area contributed by atoms with E-state index in [0.29, 0.717) is 5.82 Å². The molecule has 1 rings (SSSR count). The van der Waals surface area contributed by atoms with Crippen LogP contribution in [0.25, 0.3) is 0 Å². The molecule has 0 aliphatic heterocycles. The monoisotopic (exact) mass is 128 g/mol. The van der Waals surface area contributed by atoms with Crippen molar-refractivity contribution in [3.05, 3.63) is 12.3 Å². The lowest BCUT2D eigenvalue weighted by atomic mass is 10.6. The maximum atomic E-state index is 5.23. The fourth-order valence-corrected chi connectivity index (χ4v) is 0.388. The fourth-order valence-electron chi connectivity index (χ4n) is 0.388. The number of rotatable bonds is 0. The summed E-state index contributed by atoms with van der Waals surface area (Å²) in [6, 6.07) is 1.58. The lowest BCUT2D eigenvalue weighted by Gasteiger charge is -1.89. The summed E-state index contributed by atoms with van der Waals surface area (Å²) < 4.78 is 0. The molecule has 0 bridgehead atoms. The van der Waals surface area contributed by atoms with Gasteiger partial charge in [-0.05, 0) is 6.07 Å². The van der Waals surface area contributed by atoms with Crippen LogP contribution in [0.3, 0.4) is 0 Å². The molecule has 0 fully saturated rings.